The minimum Gasteiger partial charge on any atom is -0.396 e. The largest absolute Gasteiger partial charge is 0.472 e. The smallest absolute Gasteiger partial charge is 0.396 e. The van der Waals surface area contributed by atoms with E-state index >= 15 is 0 Å². The average molecular weight is 730 g/mol. The lowest BCUT2D eigenvalue weighted by molar-refractivity contribution is -0.0211. The number of nitrogens with two attached hydrogens (primary N) is 1. The van der Waals surface area contributed by atoms with Crippen LogP contribution < -0.4 is 11.3 Å². The van der Waals surface area contributed by atoms with Crippen LogP contribution in [0.1, 0.15) is 23.7 Å². The highest BCUT2D eigenvalue weighted by Crippen LogP contribution is 2.73. The van der Waals surface area contributed by atoms with Crippen LogP contribution in [0.2, 0.25) is 0 Å². The van der Waals surface area contributed by atoms with Gasteiger partial charge in [0.1, 0.15) is 41.4 Å². The number of aromatic amines is 1. The lowest BCUT2D eigenvalue weighted by Gasteiger charge is -2.30. The summed E-state index contributed by atoms with van der Waals surface area (Å²) >= 11 is 5.41. The van der Waals surface area contributed by atoms with Crippen LogP contribution in [0.3, 0.4) is 0 Å². The van der Waals surface area contributed by atoms with Crippen molar-refractivity contribution in [1.82, 2.24) is 39.0 Å². The molecule has 2 aliphatic carbocycles. The van der Waals surface area contributed by atoms with Gasteiger partial charge in [-0.15, -0.1) is 11.8 Å². The third kappa shape index (κ3) is 5.10. The fraction of sp³-hybridized carbons (Fsp3) is 0.583. The van der Waals surface area contributed by atoms with E-state index in [4.69, 9.17) is 23.8 Å². The number of phosphoric acid groups is 1. The SMILES string of the molecule is Cc1nc2c(ncn2[C@@H]2S[C@@H]3CO[P@](=O)(S)O[C@H]4[C@@H](O)[C@H](n5cnc6c(N)ncnc65)[C@H]5CC54COP(=O)(O)O[C@@H]2[C@@H]3CO)c(=O)[nH]1. The molecular formula is C24H29N9O10P2S2. The number of aliphatic hydroxyl groups excluding tert-OH is 2. The number of thiol groups is 1. The highest BCUT2D eigenvalue weighted by Gasteiger charge is 2.74. The molecular weight excluding hydrogens is 700 g/mol. The molecule has 4 aromatic rings. The van der Waals surface area contributed by atoms with Crippen molar-refractivity contribution >= 4 is 66.8 Å². The first kappa shape index (κ1) is 31.8. The highest BCUT2D eigenvalue weighted by molar-refractivity contribution is 8.44. The van der Waals surface area contributed by atoms with E-state index in [1.165, 1.54) is 35.3 Å². The van der Waals surface area contributed by atoms with Gasteiger partial charge in [-0.25, -0.2) is 34.0 Å². The van der Waals surface area contributed by atoms with Crippen LogP contribution in [0.4, 0.5) is 5.82 Å². The predicted molar refractivity (Wildman–Crippen MR) is 167 cm³/mol. The maximum atomic E-state index is 13.8. The molecule has 1 spiro atoms. The van der Waals surface area contributed by atoms with E-state index < -0.39 is 85.6 Å². The van der Waals surface area contributed by atoms with Gasteiger partial charge in [-0.05, 0) is 19.3 Å². The van der Waals surface area contributed by atoms with Gasteiger partial charge < -0.3 is 30.4 Å². The minimum atomic E-state index is -4.88. The molecule has 0 amide bonds. The van der Waals surface area contributed by atoms with Crippen molar-refractivity contribution in [2.75, 3.05) is 25.6 Å². The summed E-state index contributed by atoms with van der Waals surface area (Å²) in [6.45, 7) is -3.83. The number of nitrogen functional groups attached to an aromatic ring is 1. The number of imidazole rings is 2. The van der Waals surface area contributed by atoms with Crippen LogP contribution in [0.5, 0.6) is 0 Å². The summed E-state index contributed by atoms with van der Waals surface area (Å²) in [5.74, 6) is -0.772. The molecule has 8 rings (SSSR count). The molecule has 2 aliphatic heterocycles. The van der Waals surface area contributed by atoms with Crippen LogP contribution >= 0.6 is 38.6 Å². The lowest BCUT2D eigenvalue weighted by atomic mass is 10.00. The van der Waals surface area contributed by atoms with Crippen LogP contribution in [-0.4, -0.2) is 97.5 Å². The minimum absolute atomic E-state index is 0.0420. The van der Waals surface area contributed by atoms with Crippen molar-refractivity contribution in [1.29, 1.82) is 0 Å². The summed E-state index contributed by atoms with van der Waals surface area (Å²) in [6.07, 6.45) is 0.734. The number of nitrogens with zero attached hydrogens (tertiary/aromatic N) is 7. The second-order valence-electron chi connectivity index (χ2n) is 12.1. The summed E-state index contributed by atoms with van der Waals surface area (Å²) in [4.78, 5) is 47.3. The monoisotopic (exact) mass is 729 g/mol. The predicted octanol–water partition coefficient (Wildman–Crippen LogP) is 0.950. The quantitative estimate of drug-likeness (QED) is 0.127. The Morgan fingerprint density at radius 1 is 1.15 bits per heavy atom. The molecule has 47 heavy (non-hydrogen) atoms. The van der Waals surface area contributed by atoms with Crippen molar-refractivity contribution in [3.05, 3.63) is 35.2 Å². The Morgan fingerprint density at radius 2 is 1.91 bits per heavy atom. The summed E-state index contributed by atoms with van der Waals surface area (Å²) in [5, 5.41) is 20.5. The third-order valence-corrected chi connectivity index (χ3v) is 13.6. The molecule has 4 fully saturated rings. The van der Waals surface area contributed by atoms with Crippen molar-refractivity contribution < 1.29 is 42.3 Å². The molecule has 2 saturated carbocycles. The number of hydrogen-bond acceptors (Lipinski definition) is 16. The first-order valence-corrected chi connectivity index (χ1v) is 19.6. The first-order chi connectivity index (χ1) is 22.3. The van der Waals surface area contributed by atoms with Crippen molar-refractivity contribution in [2.24, 2.45) is 17.3 Å². The molecule has 6 heterocycles. The molecule has 2 bridgehead atoms. The summed E-state index contributed by atoms with van der Waals surface area (Å²) in [6, 6.07) is -0.716. The number of H-pyrrole nitrogens is 1. The lowest BCUT2D eigenvalue weighted by Crippen LogP contribution is -2.37. The molecule has 0 radical (unpaired) electrons. The fourth-order valence-electron chi connectivity index (χ4n) is 7.23. The van der Waals surface area contributed by atoms with Crippen molar-refractivity contribution in [3.63, 3.8) is 0 Å². The van der Waals surface area contributed by atoms with Gasteiger partial charge in [0.25, 0.3) is 5.56 Å². The zero-order valence-corrected chi connectivity index (χ0v) is 27.8. The number of hydrogen-bond donors (Lipinski definition) is 6. The molecule has 19 nitrogen and oxygen atoms in total. The normalized spacial score (nSPS) is 40.4. The third-order valence-electron chi connectivity index (χ3n) is 9.46. The molecule has 0 aromatic carbocycles. The summed E-state index contributed by atoms with van der Waals surface area (Å²) in [7, 11) is -4.88. The second kappa shape index (κ2) is 11.0. The molecule has 23 heteroatoms. The molecule has 6 N–H and O–H groups in total. The van der Waals surface area contributed by atoms with Gasteiger partial charge >= 0.3 is 14.6 Å². The fourth-order valence-corrected chi connectivity index (χ4v) is 11.6. The topological polar surface area (TPSA) is 265 Å². The van der Waals surface area contributed by atoms with Gasteiger partial charge in [0.15, 0.2) is 22.6 Å². The molecule has 11 atom stereocenters. The molecule has 252 valence electrons. The number of aryl methyl sites for hydroxylation is 1. The number of thioether (sulfide) groups is 1. The Bertz CT molecular complexity index is 2060. The number of rotatable bonds is 3. The van der Waals surface area contributed by atoms with Gasteiger partial charge in [0.2, 0.25) is 0 Å². The molecule has 4 aromatic heterocycles. The number of nitrogens with one attached hydrogen (secondary N) is 1. The highest BCUT2D eigenvalue weighted by atomic mass is 32.7. The van der Waals surface area contributed by atoms with Crippen LogP contribution in [-0.2, 0) is 27.2 Å². The van der Waals surface area contributed by atoms with Gasteiger partial charge in [-0.2, -0.15) is 0 Å². The van der Waals surface area contributed by atoms with E-state index in [2.05, 4.69) is 42.2 Å². The van der Waals surface area contributed by atoms with E-state index in [1.807, 2.05) is 0 Å². The van der Waals surface area contributed by atoms with Gasteiger partial charge in [-0.1, -0.05) is 12.2 Å². The first-order valence-electron chi connectivity index (χ1n) is 14.4. The van der Waals surface area contributed by atoms with E-state index in [0.29, 0.717) is 23.4 Å². The zero-order valence-electron chi connectivity index (χ0n) is 24.3. The zero-order chi connectivity index (χ0) is 33.0. The standard InChI is InChI=1S/C24H29N9O10P2S2/c1-9-30-21-14(22(36)31-9)29-8-33(21)23-17-10(3-34)12(47-23)4-40-45(39,46)43-18-16(35)15(11-2-24(11,18)5-41-44(37,38)42-17)32-7-28-13-19(25)26-6-27-20(13)32/h6-8,10-12,15-18,23,34-35H,2-5H2,1H3,(H,37,38)(H,39,46)(H2,25,26,27)(H,30,31,36)/t10-,11-,12-,15-,16+,17-,18+,23-,24?,45+/m1/s1. The van der Waals surface area contributed by atoms with E-state index in [-0.39, 0.29) is 23.6 Å². The van der Waals surface area contributed by atoms with Gasteiger partial charge in [-0.3, -0.25) is 27.5 Å². The van der Waals surface area contributed by atoms with E-state index in [1.54, 1.807) is 11.5 Å². The number of phosphoric ester groups is 1. The number of aliphatic hydroxyl groups is 2. The average Bonchev–Trinajstić information content (AvgIpc) is 3.30. The van der Waals surface area contributed by atoms with Crippen molar-refractivity contribution in [2.45, 2.75) is 48.3 Å². The Morgan fingerprint density at radius 3 is 2.70 bits per heavy atom. The number of fused-ring (bicyclic) bond motifs is 4. The van der Waals surface area contributed by atoms with Crippen molar-refractivity contribution in [3.8, 4) is 0 Å². The van der Waals surface area contributed by atoms with E-state index in [0.717, 1.165) is 0 Å². The second-order valence-corrected chi connectivity index (χ2v) is 17.7. The maximum Gasteiger partial charge on any atom is 0.472 e. The Balaban J connectivity index is 1.15. The van der Waals surface area contributed by atoms with Crippen LogP contribution in [0.25, 0.3) is 22.3 Å². The Labute approximate surface area is 273 Å². The van der Waals surface area contributed by atoms with Gasteiger partial charge in [0, 0.05) is 23.2 Å². The number of anilines is 1. The summed E-state index contributed by atoms with van der Waals surface area (Å²) in [5.41, 5.74) is 5.32. The van der Waals surface area contributed by atoms with E-state index in [9.17, 15) is 29.0 Å². The number of aromatic nitrogens is 8. The molecule has 4 aliphatic rings. The molecule has 2 saturated heterocycles. The van der Waals surface area contributed by atoms with Gasteiger partial charge in [0.05, 0.1) is 31.9 Å². The van der Waals surface area contributed by atoms with Crippen LogP contribution in [0, 0.1) is 24.2 Å². The molecule has 2 unspecified atom stereocenters. The Kier molecular flexibility index (Phi) is 7.48. The Hall–Kier alpha value is -2.42. The summed E-state index contributed by atoms with van der Waals surface area (Å²) < 4.78 is 53.7. The van der Waals surface area contributed by atoms with Crippen LogP contribution in [0.15, 0.2) is 23.8 Å². The maximum absolute atomic E-state index is 13.8.